The number of para-hydroxylation sites is 4. The zero-order chi connectivity index (χ0) is 46.1. The van der Waals surface area contributed by atoms with Crippen molar-refractivity contribution in [1.29, 1.82) is 10.5 Å². The first-order valence-electron chi connectivity index (χ1n) is 21.8. The molecule has 0 aliphatic rings. The molecular formula is C60H34N8. The van der Waals surface area contributed by atoms with E-state index in [1.54, 1.807) is 24.3 Å². The zero-order valence-electron chi connectivity index (χ0n) is 36.2. The van der Waals surface area contributed by atoms with E-state index in [0.29, 0.717) is 43.6 Å². The number of aromatic nitrogens is 2. The predicted molar refractivity (Wildman–Crippen MR) is 274 cm³/mol. The number of nitrogens with zero attached hydrogens (tertiary/aromatic N) is 8. The highest BCUT2D eigenvalue weighted by Crippen LogP contribution is 2.45. The molecule has 0 saturated heterocycles. The quantitative estimate of drug-likeness (QED) is 0.0859. The molecule has 11 rings (SSSR count). The number of hydrogen-bond donors (Lipinski definition) is 0. The van der Waals surface area contributed by atoms with E-state index in [1.165, 1.54) is 0 Å². The second kappa shape index (κ2) is 17.1. The van der Waals surface area contributed by atoms with Crippen molar-refractivity contribution in [3.63, 3.8) is 0 Å². The number of benzene rings is 10. The average molecular weight is 867 g/mol. The smallest absolute Gasteiger partial charge is 0.195 e. The minimum Gasteiger partial charge on any atom is -0.311 e. The predicted octanol–water partition coefficient (Wildman–Crippen LogP) is 16.2. The summed E-state index contributed by atoms with van der Waals surface area (Å²) >= 11 is 0. The fourth-order valence-electron chi connectivity index (χ4n) is 9.14. The number of nitriles is 2. The molecule has 314 valence electrons. The third kappa shape index (κ3) is 7.02. The number of fused-ring (bicyclic) bond motifs is 7. The van der Waals surface area contributed by atoms with Crippen LogP contribution >= 0.6 is 0 Å². The maximum absolute atomic E-state index is 10.2. The van der Waals surface area contributed by atoms with Gasteiger partial charge < -0.3 is 9.80 Å². The van der Waals surface area contributed by atoms with Crippen LogP contribution in [0.3, 0.4) is 0 Å². The summed E-state index contributed by atoms with van der Waals surface area (Å²) in [6.45, 7) is 15.9. The number of rotatable bonds is 8. The van der Waals surface area contributed by atoms with Crippen molar-refractivity contribution >= 4 is 89.1 Å². The Hall–Kier alpha value is -10.1. The molecule has 8 heteroatoms. The lowest BCUT2D eigenvalue weighted by atomic mass is 9.93. The summed E-state index contributed by atoms with van der Waals surface area (Å²) in [5.41, 5.74) is 12.7. The Labute approximate surface area is 392 Å². The molecule has 0 saturated carbocycles. The van der Waals surface area contributed by atoms with E-state index in [2.05, 4.69) is 141 Å². The van der Waals surface area contributed by atoms with Gasteiger partial charge in [0.1, 0.15) is 12.1 Å². The van der Waals surface area contributed by atoms with E-state index in [0.717, 1.165) is 56.4 Å². The van der Waals surface area contributed by atoms with Gasteiger partial charge in [-0.15, -0.1) is 0 Å². The van der Waals surface area contributed by atoms with E-state index < -0.39 is 0 Å². The molecule has 1 aromatic heterocycles. The van der Waals surface area contributed by atoms with Gasteiger partial charge in [-0.3, -0.25) is 9.69 Å². The van der Waals surface area contributed by atoms with Gasteiger partial charge in [0.2, 0.25) is 0 Å². The van der Waals surface area contributed by atoms with Crippen LogP contribution in [0, 0.1) is 35.8 Å². The van der Waals surface area contributed by atoms with Crippen molar-refractivity contribution in [2.75, 3.05) is 9.80 Å². The summed E-state index contributed by atoms with van der Waals surface area (Å²) in [6, 6.07) is 73.2. The molecule has 0 aliphatic carbocycles. The van der Waals surface area contributed by atoms with Gasteiger partial charge in [-0.2, -0.15) is 10.5 Å². The largest absolute Gasteiger partial charge is 0.311 e. The molecule has 1 heterocycles. The van der Waals surface area contributed by atoms with Gasteiger partial charge in [0.25, 0.3) is 0 Å². The fourth-order valence-corrected chi connectivity index (χ4v) is 9.14. The molecule has 0 bridgehead atoms. The maximum atomic E-state index is 10.2. The molecule has 10 aromatic carbocycles. The molecule has 0 atom stereocenters. The number of hydrogen-bond acceptors (Lipinski definition) is 6. The van der Waals surface area contributed by atoms with Crippen LogP contribution in [0.1, 0.15) is 11.1 Å². The highest BCUT2D eigenvalue weighted by Gasteiger charge is 2.22. The van der Waals surface area contributed by atoms with Crippen LogP contribution in [0.15, 0.2) is 206 Å². The van der Waals surface area contributed by atoms with Crippen molar-refractivity contribution < 1.29 is 0 Å². The maximum Gasteiger partial charge on any atom is 0.195 e. The lowest BCUT2D eigenvalue weighted by Crippen LogP contribution is -2.09. The molecule has 11 aromatic rings. The Morgan fingerprint density at radius 1 is 0.353 bits per heavy atom. The zero-order valence-corrected chi connectivity index (χ0v) is 36.2. The Bertz CT molecular complexity index is 3590. The lowest BCUT2D eigenvalue weighted by Gasteiger charge is -2.25. The summed E-state index contributed by atoms with van der Waals surface area (Å²) in [6.07, 6.45) is 0. The fraction of sp³-hybridized carbons (Fsp3) is 0. The minimum atomic E-state index is 0.189. The van der Waals surface area contributed by atoms with E-state index in [1.807, 2.05) is 72.8 Å². The monoisotopic (exact) mass is 866 g/mol. The van der Waals surface area contributed by atoms with Crippen molar-refractivity contribution in [2.45, 2.75) is 0 Å². The van der Waals surface area contributed by atoms with E-state index in [4.69, 9.17) is 23.1 Å². The molecule has 68 heavy (non-hydrogen) atoms. The SMILES string of the molecule is [C-]#[N+]c1cc2c3cc(C#N)c(C#N)cc3c3nc4c(-c5ccc(N(c6ccccc6)c6ccccc6)cc5)ccc(-c5ccc(N(c6ccccc6)c6ccccc6)cc5)c4nc3c2cc1[N+]#[C-]. The molecule has 0 fully saturated rings. The van der Waals surface area contributed by atoms with Crippen LogP contribution in [-0.4, -0.2) is 9.97 Å². The Balaban J connectivity index is 1.16. The summed E-state index contributed by atoms with van der Waals surface area (Å²) in [5, 5.41) is 22.9. The van der Waals surface area contributed by atoms with Crippen LogP contribution in [0.25, 0.3) is 75.6 Å². The summed E-state index contributed by atoms with van der Waals surface area (Å²) in [7, 11) is 0. The molecular weight excluding hydrogens is 833 g/mol. The van der Waals surface area contributed by atoms with Gasteiger partial charge in [-0.1, -0.05) is 121 Å². The Morgan fingerprint density at radius 2 is 0.662 bits per heavy atom. The first-order valence-corrected chi connectivity index (χ1v) is 21.8. The summed E-state index contributed by atoms with van der Waals surface area (Å²) < 4.78 is 0. The third-order valence-electron chi connectivity index (χ3n) is 12.3. The molecule has 0 amide bonds. The normalized spacial score (nSPS) is 10.9. The third-order valence-corrected chi connectivity index (χ3v) is 12.3. The summed E-state index contributed by atoms with van der Waals surface area (Å²) in [4.78, 5) is 22.9. The van der Waals surface area contributed by atoms with Crippen LogP contribution < -0.4 is 9.80 Å². The van der Waals surface area contributed by atoms with Gasteiger partial charge in [-0.05, 0) is 112 Å². The Morgan fingerprint density at radius 3 is 1.01 bits per heavy atom. The van der Waals surface area contributed by atoms with Crippen molar-refractivity contribution in [1.82, 2.24) is 9.97 Å². The second-order valence-corrected chi connectivity index (χ2v) is 16.2. The average Bonchev–Trinajstić information content (AvgIpc) is 3.41. The molecule has 0 unspecified atom stereocenters. The van der Waals surface area contributed by atoms with E-state index in [9.17, 15) is 10.5 Å². The van der Waals surface area contributed by atoms with Crippen molar-refractivity contribution in [2.24, 2.45) is 0 Å². The second-order valence-electron chi connectivity index (χ2n) is 16.2. The lowest BCUT2D eigenvalue weighted by molar-refractivity contribution is 1.28. The van der Waals surface area contributed by atoms with E-state index in [-0.39, 0.29) is 22.5 Å². The minimum absolute atomic E-state index is 0.189. The Kier molecular flexibility index (Phi) is 10.2. The van der Waals surface area contributed by atoms with Gasteiger partial charge in [-0.25, -0.2) is 9.97 Å². The van der Waals surface area contributed by atoms with Gasteiger partial charge in [0.15, 0.2) is 11.4 Å². The molecule has 0 spiro atoms. The topological polar surface area (TPSA) is 88.6 Å². The highest BCUT2D eigenvalue weighted by atomic mass is 15.1. The first-order chi connectivity index (χ1) is 33.5. The van der Waals surface area contributed by atoms with Gasteiger partial charge in [0, 0.05) is 50.6 Å². The summed E-state index contributed by atoms with van der Waals surface area (Å²) in [5.74, 6) is 0. The van der Waals surface area contributed by atoms with Crippen LogP contribution in [0.4, 0.5) is 45.5 Å². The first kappa shape index (κ1) is 40.6. The molecule has 0 radical (unpaired) electrons. The van der Waals surface area contributed by atoms with Gasteiger partial charge in [0.05, 0.1) is 46.3 Å². The molecule has 0 N–H and O–H groups in total. The van der Waals surface area contributed by atoms with Crippen LogP contribution in [0.2, 0.25) is 0 Å². The molecule has 0 aliphatic heterocycles. The van der Waals surface area contributed by atoms with Crippen LogP contribution in [0.5, 0.6) is 0 Å². The highest BCUT2D eigenvalue weighted by molar-refractivity contribution is 6.26. The standard InChI is InChI=1S/C60H34N8/c1-63-55-35-52-51-33-41(37-61)42(38-62)34-53(51)59-60(54(52)36-56(55)64-2)66-58-50(40-25-29-48(30-26-40)68(45-19-11-5-12-20-45)46-21-13-6-14-22-46)32-31-49(57(58)65-59)39-23-27-47(28-24-39)67(43-15-7-3-8-16-43)44-17-9-4-10-18-44/h3-36H. The van der Waals surface area contributed by atoms with Crippen LogP contribution in [-0.2, 0) is 0 Å². The number of anilines is 6. The van der Waals surface area contributed by atoms with Gasteiger partial charge >= 0.3 is 0 Å². The van der Waals surface area contributed by atoms with Crippen molar-refractivity contribution in [3.05, 3.63) is 240 Å². The van der Waals surface area contributed by atoms with Crippen molar-refractivity contribution in [3.8, 4) is 34.4 Å². The van der Waals surface area contributed by atoms with E-state index >= 15 is 0 Å². The molecule has 8 nitrogen and oxygen atoms in total.